The summed E-state index contributed by atoms with van der Waals surface area (Å²) in [5.41, 5.74) is 5.43. The van der Waals surface area contributed by atoms with Crippen LogP contribution in [-0.4, -0.2) is 82.8 Å². The molecule has 214 valence electrons. The van der Waals surface area contributed by atoms with E-state index in [-0.39, 0.29) is 29.0 Å². The van der Waals surface area contributed by atoms with E-state index in [1.807, 2.05) is 29.2 Å². The predicted molar refractivity (Wildman–Crippen MR) is 155 cm³/mol. The Labute approximate surface area is 237 Å². The molecule has 2 bridgehead atoms. The van der Waals surface area contributed by atoms with Crippen molar-refractivity contribution >= 4 is 33.4 Å². The standard InChI is InChI=1S/C25H23FN6O3.C5H11N/c1-35-24-29-21-18(22(30-24)32-11-14-6-7-25(12-32,31-14)23(27)34)10-28-20(19(21)26)17-9-15(33)8-13-4-2-3-5-16(13)17;1-6-4-2-3-5-6/h2-5,8-10,14,31,33H,6-7,11-12H2,1H3,(H2,27,34);2-5H2,1H3. The summed E-state index contributed by atoms with van der Waals surface area (Å²) in [5, 5.41) is 15.5. The number of hydrogen-bond acceptors (Lipinski definition) is 9. The number of carbonyl (C=O) groups excluding carboxylic acids is 1. The second-order valence-corrected chi connectivity index (χ2v) is 11.1. The molecule has 3 aliphatic rings. The number of benzene rings is 2. The van der Waals surface area contributed by atoms with E-state index in [9.17, 15) is 9.90 Å². The zero-order valence-electron chi connectivity index (χ0n) is 23.2. The molecule has 0 spiro atoms. The van der Waals surface area contributed by atoms with Gasteiger partial charge in [0.1, 0.15) is 28.3 Å². The Balaban J connectivity index is 0.000000449. The van der Waals surface area contributed by atoms with E-state index < -0.39 is 17.3 Å². The van der Waals surface area contributed by atoms with Gasteiger partial charge in [0.2, 0.25) is 5.91 Å². The molecule has 2 aromatic carbocycles. The summed E-state index contributed by atoms with van der Waals surface area (Å²) in [5.74, 6) is -0.626. The maximum atomic E-state index is 16.1. The molecule has 3 aliphatic heterocycles. The number of carbonyl (C=O) groups is 1. The number of primary amides is 1. The number of fused-ring (bicyclic) bond motifs is 4. The molecule has 3 fully saturated rings. The highest BCUT2D eigenvalue weighted by Crippen LogP contribution is 2.38. The van der Waals surface area contributed by atoms with E-state index in [4.69, 9.17) is 10.5 Å². The number of phenolic OH excluding ortho intramolecular Hbond substituents is 1. The van der Waals surface area contributed by atoms with Gasteiger partial charge in [0.05, 0.1) is 12.5 Å². The predicted octanol–water partition coefficient (Wildman–Crippen LogP) is 3.21. The number of likely N-dealkylation sites (tertiary alicyclic amines) is 1. The van der Waals surface area contributed by atoms with Gasteiger partial charge in [-0.05, 0) is 68.7 Å². The van der Waals surface area contributed by atoms with Gasteiger partial charge in [-0.3, -0.25) is 15.1 Å². The van der Waals surface area contributed by atoms with E-state index in [0.717, 1.165) is 17.2 Å². The Kier molecular flexibility index (Phi) is 7.08. The van der Waals surface area contributed by atoms with Crippen LogP contribution < -0.4 is 20.7 Å². The minimum atomic E-state index is -0.861. The molecule has 7 rings (SSSR count). The summed E-state index contributed by atoms with van der Waals surface area (Å²) >= 11 is 0. The number of anilines is 1. The van der Waals surface area contributed by atoms with Crippen LogP contribution in [0.1, 0.15) is 25.7 Å². The number of amides is 1. The molecule has 41 heavy (non-hydrogen) atoms. The molecule has 2 aromatic heterocycles. The Morgan fingerprint density at radius 2 is 1.98 bits per heavy atom. The number of nitrogens with one attached hydrogen (secondary N) is 1. The fourth-order valence-electron chi connectivity index (χ4n) is 6.22. The second kappa shape index (κ2) is 10.7. The lowest BCUT2D eigenvalue weighted by Crippen LogP contribution is -2.65. The van der Waals surface area contributed by atoms with Crippen molar-refractivity contribution in [2.24, 2.45) is 5.73 Å². The van der Waals surface area contributed by atoms with Crippen molar-refractivity contribution in [3.05, 3.63) is 48.4 Å². The van der Waals surface area contributed by atoms with Gasteiger partial charge < -0.3 is 25.4 Å². The van der Waals surface area contributed by atoms with E-state index >= 15 is 4.39 Å². The van der Waals surface area contributed by atoms with Crippen molar-refractivity contribution in [2.45, 2.75) is 37.3 Å². The Morgan fingerprint density at radius 1 is 1.20 bits per heavy atom. The van der Waals surface area contributed by atoms with Gasteiger partial charge in [-0.25, -0.2) is 4.39 Å². The molecule has 10 nitrogen and oxygen atoms in total. The third-order valence-electron chi connectivity index (χ3n) is 8.33. The number of phenols is 1. The molecular weight excluding hydrogens is 525 g/mol. The smallest absolute Gasteiger partial charge is 0.318 e. The number of piperazine rings is 1. The van der Waals surface area contributed by atoms with Crippen LogP contribution >= 0.6 is 0 Å². The molecule has 0 aliphatic carbocycles. The molecule has 1 amide bonds. The minimum absolute atomic E-state index is 0.00308. The number of halogens is 1. The number of aromatic hydroxyl groups is 1. The van der Waals surface area contributed by atoms with Crippen LogP contribution in [0.15, 0.2) is 42.6 Å². The van der Waals surface area contributed by atoms with Gasteiger partial charge in [0, 0.05) is 30.9 Å². The second-order valence-electron chi connectivity index (χ2n) is 11.1. The summed E-state index contributed by atoms with van der Waals surface area (Å²) in [6.45, 7) is 3.51. The minimum Gasteiger partial charge on any atom is -0.508 e. The first-order valence-corrected chi connectivity index (χ1v) is 13.9. The number of hydrogen-bond donors (Lipinski definition) is 3. The molecule has 2 atom stereocenters. The SMILES string of the molecule is CN1CCCC1.COc1nc(N2CC3CCC(C(N)=O)(C2)N3)c2cnc(-c3cc(O)cc4ccccc34)c(F)c2n1. The number of pyridine rings is 1. The van der Waals surface area contributed by atoms with Gasteiger partial charge in [-0.2, -0.15) is 9.97 Å². The zero-order chi connectivity index (χ0) is 28.7. The first kappa shape index (κ1) is 27.1. The molecular formula is C30H34FN7O3. The molecule has 11 heteroatoms. The molecule has 5 heterocycles. The summed E-state index contributed by atoms with van der Waals surface area (Å²) in [7, 11) is 3.59. The monoisotopic (exact) mass is 559 g/mol. The maximum absolute atomic E-state index is 16.1. The van der Waals surface area contributed by atoms with Gasteiger partial charge in [0.25, 0.3) is 0 Å². The van der Waals surface area contributed by atoms with E-state index in [0.29, 0.717) is 36.3 Å². The molecule has 2 unspecified atom stereocenters. The van der Waals surface area contributed by atoms with Crippen molar-refractivity contribution in [1.82, 2.24) is 25.2 Å². The van der Waals surface area contributed by atoms with Crippen LogP contribution in [0.2, 0.25) is 0 Å². The molecule has 3 saturated heterocycles. The van der Waals surface area contributed by atoms with E-state index in [1.165, 1.54) is 45.3 Å². The number of ether oxygens (including phenoxy) is 1. The third-order valence-corrected chi connectivity index (χ3v) is 8.33. The average molecular weight is 560 g/mol. The Hall–Kier alpha value is -4.09. The van der Waals surface area contributed by atoms with Gasteiger partial charge in [0.15, 0.2) is 5.82 Å². The van der Waals surface area contributed by atoms with Crippen LogP contribution in [-0.2, 0) is 4.79 Å². The van der Waals surface area contributed by atoms with Crippen LogP contribution in [0.5, 0.6) is 11.8 Å². The Bertz CT molecular complexity index is 1630. The fraction of sp³-hybridized carbons (Fsp3) is 0.400. The van der Waals surface area contributed by atoms with Crippen molar-refractivity contribution in [3.63, 3.8) is 0 Å². The Morgan fingerprint density at radius 3 is 2.68 bits per heavy atom. The van der Waals surface area contributed by atoms with Crippen molar-refractivity contribution in [2.75, 3.05) is 45.2 Å². The van der Waals surface area contributed by atoms with Gasteiger partial charge >= 0.3 is 6.01 Å². The van der Waals surface area contributed by atoms with Crippen LogP contribution in [0, 0.1) is 5.82 Å². The zero-order valence-corrected chi connectivity index (χ0v) is 23.2. The summed E-state index contributed by atoms with van der Waals surface area (Å²) < 4.78 is 21.4. The number of methoxy groups -OCH3 is 1. The third kappa shape index (κ3) is 5.00. The fourth-order valence-corrected chi connectivity index (χ4v) is 6.22. The van der Waals surface area contributed by atoms with Gasteiger partial charge in [-0.15, -0.1) is 0 Å². The largest absolute Gasteiger partial charge is 0.508 e. The van der Waals surface area contributed by atoms with Crippen LogP contribution in [0.25, 0.3) is 32.9 Å². The average Bonchev–Trinajstić information content (AvgIpc) is 3.58. The lowest BCUT2D eigenvalue weighted by Gasteiger charge is -2.40. The normalized spacial score (nSPS) is 22.1. The number of nitrogens with two attached hydrogens (primary N) is 1. The van der Waals surface area contributed by atoms with Crippen molar-refractivity contribution < 1.29 is 19.0 Å². The van der Waals surface area contributed by atoms with E-state index in [1.54, 1.807) is 6.07 Å². The summed E-state index contributed by atoms with van der Waals surface area (Å²) in [6.07, 6.45) is 5.79. The first-order valence-electron chi connectivity index (χ1n) is 13.9. The quantitative estimate of drug-likeness (QED) is 0.345. The molecule has 4 aromatic rings. The first-order chi connectivity index (χ1) is 19.8. The number of nitrogens with zero attached hydrogens (tertiary/aromatic N) is 5. The number of rotatable bonds is 4. The highest BCUT2D eigenvalue weighted by molar-refractivity contribution is 6.00. The van der Waals surface area contributed by atoms with E-state index in [2.05, 4.69) is 32.2 Å². The lowest BCUT2D eigenvalue weighted by molar-refractivity contribution is -0.123. The molecule has 0 radical (unpaired) electrons. The molecule has 4 N–H and O–H groups in total. The molecule has 0 saturated carbocycles. The maximum Gasteiger partial charge on any atom is 0.318 e. The van der Waals surface area contributed by atoms with Crippen LogP contribution in [0.3, 0.4) is 0 Å². The highest BCUT2D eigenvalue weighted by atomic mass is 19.1. The van der Waals surface area contributed by atoms with Gasteiger partial charge in [-0.1, -0.05) is 24.3 Å². The van der Waals surface area contributed by atoms with Crippen molar-refractivity contribution in [1.29, 1.82) is 0 Å². The highest BCUT2D eigenvalue weighted by Gasteiger charge is 2.49. The summed E-state index contributed by atoms with van der Waals surface area (Å²) in [4.78, 5) is 29.8. The van der Waals surface area contributed by atoms with Crippen molar-refractivity contribution in [3.8, 4) is 23.0 Å². The topological polar surface area (TPSA) is 130 Å². The lowest BCUT2D eigenvalue weighted by atomic mass is 9.96. The summed E-state index contributed by atoms with van der Waals surface area (Å²) in [6, 6.07) is 10.6. The van der Waals surface area contributed by atoms with Crippen LogP contribution in [0.4, 0.5) is 10.2 Å². The number of aromatic nitrogens is 3.